The number of methoxy groups -OCH3 is 1. The number of hydrogen-bond donors (Lipinski definition) is 1. The molecular weight excluding hydrogens is 238 g/mol. The Labute approximate surface area is 103 Å². The van der Waals surface area contributed by atoms with Gasteiger partial charge in [0.05, 0.1) is 20.2 Å². The van der Waals surface area contributed by atoms with Gasteiger partial charge in [-0.05, 0) is 13.0 Å². The van der Waals surface area contributed by atoms with Crippen molar-refractivity contribution >= 4 is 5.97 Å². The zero-order valence-electron chi connectivity index (χ0n) is 10.1. The van der Waals surface area contributed by atoms with E-state index in [2.05, 4.69) is 24.7 Å². The second-order valence-corrected chi connectivity index (χ2v) is 3.63. The fourth-order valence-electron chi connectivity index (χ4n) is 1.51. The van der Waals surface area contributed by atoms with E-state index in [4.69, 9.17) is 4.42 Å². The first kappa shape index (κ1) is 12.3. The predicted molar refractivity (Wildman–Crippen MR) is 59.6 cm³/mol. The molecule has 0 bridgehead atoms. The van der Waals surface area contributed by atoms with Crippen LogP contribution in [-0.2, 0) is 17.8 Å². The number of carbonyl (C=O) groups excluding carboxylic acids is 1. The minimum Gasteiger partial charge on any atom is -0.465 e. The van der Waals surface area contributed by atoms with Crippen molar-refractivity contribution in [2.75, 3.05) is 7.11 Å². The number of hydrogen-bond acceptors (Lipinski definition) is 7. The zero-order chi connectivity index (χ0) is 13.0. The summed E-state index contributed by atoms with van der Waals surface area (Å²) in [5, 5.41) is 6.73. The van der Waals surface area contributed by atoms with Crippen molar-refractivity contribution in [1.29, 1.82) is 0 Å². The normalized spacial score (nSPS) is 10.6. The fraction of sp³-hybridized carbons (Fsp3) is 0.364. The monoisotopic (exact) mass is 251 g/mol. The Hall–Kier alpha value is -2.15. The highest BCUT2D eigenvalue weighted by Gasteiger charge is 2.14. The van der Waals surface area contributed by atoms with Gasteiger partial charge in [0.25, 0.3) is 0 Å². The molecule has 2 aromatic rings. The molecule has 0 aliphatic carbocycles. The van der Waals surface area contributed by atoms with E-state index in [1.165, 1.54) is 13.5 Å². The number of furan rings is 1. The molecular formula is C11H13N3O4. The Morgan fingerprint density at radius 3 is 3.00 bits per heavy atom. The summed E-state index contributed by atoms with van der Waals surface area (Å²) in [5.41, 5.74) is 0.439. The summed E-state index contributed by atoms with van der Waals surface area (Å²) >= 11 is 0. The van der Waals surface area contributed by atoms with Crippen molar-refractivity contribution in [3.8, 4) is 0 Å². The first-order valence-corrected chi connectivity index (χ1v) is 5.34. The van der Waals surface area contributed by atoms with Crippen LogP contribution < -0.4 is 5.32 Å². The van der Waals surface area contributed by atoms with Gasteiger partial charge < -0.3 is 19.0 Å². The lowest BCUT2D eigenvalue weighted by Gasteiger charge is -1.97. The summed E-state index contributed by atoms with van der Waals surface area (Å²) in [6.07, 6.45) is 1.27. The third-order valence-electron chi connectivity index (χ3n) is 2.36. The molecule has 0 saturated carbocycles. The minimum atomic E-state index is -0.402. The number of carbonyl (C=O) groups is 1. The van der Waals surface area contributed by atoms with Crippen LogP contribution in [0.5, 0.6) is 0 Å². The molecule has 0 aliphatic rings. The van der Waals surface area contributed by atoms with E-state index in [9.17, 15) is 4.79 Å². The Morgan fingerprint density at radius 2 is 2.33 bits per heavy atom. The van der Waals surface area contributed by atoms with Crippen LogP contribution in [0.4, 0.5) is 0 Å². The molecule has 0 fully saturated rings. The number of esters is 1. The Bertz CT molecular complexity index is 518. The van der Waals surface area contributed by atoms with Crippen molar-refractivity contribution in [3.63, 3.8) is 0 Å². The van der Waals surface area contributed by atoms with Crippen molar-refractivity contribution in [2.45, 2.75) is 20.0 Å². The second-order valence-electron chi connectivity index (χ2n) is 3.63. The number of ether oxygens (including phenoxy) is 1. The maximum absolute atomic E-state index is 11.4. The van der Waals surface area contributed by atoms with Crippen molar-refractivity contribution in [1.82, 2.24) is 15.5 Å². The molecule has 96 valence electrons. The van der Waals surface area contributed by atoms with Gasteiger partial charge in [-0.3, -0.25) is 0 Å². The summed E-state index contributed by atoms with van der Waals surface area (Å²) in [4.78, 5) is 15.2. The van der Waals surface area contributed by atoms with Gasteiger partial charge >= 0.3 is 5.97 Å². The quantitative estimate of drug-likeness (QED) is 0.794. The highest BCUT2D eigenvalue weighted by Crippen LogP contribution is 2.15. The fourth-order valence-corrected chi connectivity index (χ4v) is 1.51. The van der Waals surface area contributed by atoms with Crippen molar-refractivity contribution in [3.05, 3.63) is 35.4 Å². The van der Waals surface area contributed by atoms with Crippen LogP contribution in [0.25, 0.3) is 0 Å². The molecule has 0 aromatic carbocycles. The van der Waals surface area contributed by atoms with Crippen LogP contribution in [0.2, 0.25) is 0 Å². The van der Waals surface area contributed by atoms with Crippen LogP contribution in [0.1, 0.15) is 27.7 Å². The summed E-state index contributed by atoms with van der Waals surface area (Å²) in [7, 11) is 1.34. The molecule has 0 amide bonds. The van der Waals surface area contributed by atoms with Gasteiger partial charge in [-0.15, -0.1) is 0 Å². The average molecular weight is 251 g/mol. The molecule has 2 rings (SSSR count). The van der Waals surface area contributed by atoms with E-state index < -0.39 is 5.97 Å². The van der Waals surface area contributed by atoms with Gasteiger partial charge in [-0.2, -0.15) is 4.98 Å². The van der Waals surface area contributed by atoms with Gasteiger partial charge in [0.15, 0.2) is 5.82 Å². The molecule has 1 N–H and O–H groups in total. The molecule has 0 spiro atoms. The lowest BCUT2D eigenvalue weighted by atomic mass is 10.2. The maximum atomic E-state index is 11.4. The van der Waals surface area contributed by atoms with E-state index in [0.29, 0.717) is 36.0 Å². The van der Waals surface area contributed by atoms with Gasteiger partial charge in [-0.25, -0.2) is 4.79 Å². The third-order valence-corrected chi connectivity index (χ3v) is 2.36. The maximum Gasteiger partial charge on any atom is 0.341 e. The molecule has 0 radical (unpaired) electrons. The number of aryl methyl sites for hydroxylation is 1. The molecule has 18 heavy (non-hydrogen) atoms. The summed E-state index contributed by atoms with van der Waals surface area (Å²) in [5.74, 6) is 1.35. The molecule has 0 saturated heterocycles. The molecule has 0 atom stereocenters. The summed E-state index contributed by atoms with van der Waals surface area (Å²) < 4.78 is 14.7. The van der Waals surface area contributed by atoms with Crippen molar-refractivity contribution < 1.29 is 18.5 Å². The largest absolute Gasteiger partial charge is 0.465 e. The van der Waals surface area contributed by atoms with E-state index >= 15 is 0 Å². The first-order chi connectivity index (χ1) is 8.70. The standard InChI is InChI=1S/C11H13N3O4/c1-7-9(11(15)16-2)3-8(18-7)4-12-5-10-13-6-17-14-10/h3,6,12H,4-5H2,1-2H3. The summed E-state index contributed by atoms with van der Waals surface area (Å²) in [6.45, 7) is 2.64. The highest BCUT2D eigenvalue weighted by molar-refractivity contribution is 5.90. The lowest BCUT2D eigenvalue weighted by molar-refractivity contribution is 0.0599. The number of nitrogens with one attached hydrogen (secondary N) is 1. The van der Waals surface area contributed by atoms with Gasteiger partial charge in [0, 0.05) is 0 Å². The predicted octanol–water partition coefficient (Wildman–Crippen LogP) is 1.05. The summed E-state index contributed by atoms with van der Waals surface area (Å²) in [6, 6.07) is 1.66. The van der Waals surface area contributed by atoms with E-state index in [1.807, 2.05) is 0 Å². The third kappa shape index (κ3) is 2.75. The average Bonchev–Trinajstić information content (AvgIpc) is 2.98. The Balaban J connectivity index is 1.92. The van der Waals surface area contributed by atoms with Crippen LogP contribution in [0.3, 0.4) is 0 Å². The Kier molecular flexibility index (Phi) is 3.73. The van der Waals surface area contributed by atoms with Crippen LogP contribution in [0, 0.1) is 6.92 Å². The number of nitrogens with zero attached hydrogens (tertiary/aromatic N) is 2. The molecule has 0 unspecified atom stereocenters. The van der Waals surface area contributed by atoms with Crippen molar-refractivity contribution in [2.24, 2.45) is 0 Å². The minimum absolute atomic E-state index is 0.402. The first-order valence-electron chi connectivity index (χ1n) is 5.34. The lowest BCUT2D eigenvalue weighted by Crippen LogP contribution is -2.13. The zero-order valence-corrected chi connectivity index (χ0v) is 10.1. The Morgan fingerprint density at radius 1 is 1.50 bits per heavy atom. The number of aromatic nitrogens is 2. The number of rotatable bonds is 5. The van der Waals surface area contributed by atoms with Gasteiger partial charge in [0.1, 0.15) is 17.1 Å². The molecule has 0 aliphatic heterocycles. The molecule has 2 heterocycles. The van der Waals surface area contributed by atoms with Gasteiger partial charge in [0.2, 0.25) is 6.39 Å². The van der Waals surface area contributed by atoms with Gasteiger partial charge in [-0.1, -0.05) is 5.16 Å². The topological polar surface area (TPSA) is 90.4 Å². The van der Waals surface area contributed by atoms with Crippen LogP contribution in [0.15, 0.2) is 21.4 Å². The van der Waals surface area contributed by atoms with E-state index in [-0.39, 0.29) is 0 Å². The van der Waals surface area contributed by atoms with E-state index in [1.54, 1.807) is 13.0 Å². The molecule has 7 heteroatoms. The smallest absolute Gasteiger partial charge is 0.341 e. The van der Waals surface area contributed by atoms with Crippen LogP contribution >= 0.6 is 0 Å². The highest BCUT2D eigenvalue weighted by atomic mass is 16.5. The SMILES string of the molecule is COC(=O)c1cc(CNCc2ncon2)oc1C. The molecule has 7 nitrogen and oxygen atoms in total. The second kappa shape index (κ2) is 5.46. The molecule has 2 aromatic heterocycles. The van der Waals surface area contributed by atoms with Crippen LogP contribution in [-0.4, -0.2) is 23.2 Å². The van der Waals surface area contributed by atoms with E-state index in [0.717, 1.165) is 0 Å².